The number of nitrogens with one attached hydrogen (secondary N) is 2. The first kappa shape index (κ1) is 20.3. The van der Waals surface area contributed by atoms with E-state index in [0.29, 0.717) is 14.2 Å². The maximum atomic E-state index is 12.9. The fourth-order valence-corrected chi connectivity index (χ4v) is 0.771. The molecule has 2 N–H and O–H groups in total. The molecule has 0 aromatic rings. The number of rotatable bonds is 7. The van der Waals surface area contributed by atoms with Gasteiger partial charge < -0.3 is 9.47 Å². The molecule has 0 heterocycles. The van der Waals surface area contributed by atoms with Crippen LogP contribution in [0, 0.1) is 10.8 Å². The van der Waals surface area contributed by atoms with Crippen LogP contribution in [-0.2, 0) is 18.9 Å². The Bertz CT molecular complexity index is 402. The average Bonchev–Trinajstić information content (AvgIpc) is 2.33. The minimum Gasteiger partial charge on any atom is -0.478 e. The first-order valence-corrected chi connectivity index (χ1v) is 4.80. The molecular weight excluding hydrogens is 340 g/mol. The summed E-state index contributed by atoms with van der Waals surface area (Å²) in [6.45, 7) is 0. The fourth-order valence-electron chi connectivity index (χ4n) is 0.771. The molecule has 130 valence electrons. The highest BCUT2D eigenvalue weighted by Gasteiger charge is 2.69. The summed E-state index contributed by atoms with van der Waals surface area (Å²) in [5.41, 5.74) is 0. The van der Waals surface area contributed by atoms with Gasteiger partial charge in [-0.05, 0) is 0 Å². The molecule has 0 aliphatic heterocycles. The molecule has 0 bridgehead atoms. The zero-order valence-electron chi connectivity index (χ0n) is 10.7. The molecule has 0 aliphatic carbocycles. The Morgan fingerprint density at radius 3 is 1.05 bits per heavy atom. The van der Waals surface area contributed by atoms with Crippen LogP contribution in [0.4, 0.5) is 35.1 Å². The molecule has 0 aliphatic rings. The van der Waals surface area contributed by atoms with E-state index in [0.717, 1.165) is 0 Å². The number of methoxy groups -OCH3 is 2. The zero-order valence-corrected chi connectivity index (χ0v) is 10.7. The van der Waals surface area contributed by atoms with Crippen LogP contribution in [0.5, 0.6) is 0 Å². The van der Waals surface area contributed by atoms with Crippen LogP contribution in [0.3, 0.4) is 0 Å². The molecule has 0 radical (unpaired) electrons. The quantitative estimate of drug-likeness (QED) is 0.421. The fraction of sp³-hybridized carbons (Fsp3) is 0.750. The molecule has 22 heavy (non-hydrogen) atoms. The Morgan fingerprint density at radius 2 is 0.864 bits per heavy atom. The van der Waals surface area contributed by atoms with Crippen molar-refractivity contribution in [3.63, 3.8) is 0 Å². The Hall–Kier alpha value is -1.70. The van der Waals surface area contributed by atoms with Crippen molar-refractivity contribution in [2.24, 2.45) is 0 Å². The Kier molecular flexibility index (Phi) is 5.72. The lowest BCUT2D eigenvalue weighted by atomic mass is 10.5. The summed E-state index contributed by atoms with van der Waals surface area (Å²) in [5.74, 6) is -4.58. The predicted molar refractivity (Wildman–Crippen MR) is 51.4 cm³/mol. The highest BCUT2D eigenvalue weighted by molar-refractivity contribution is 5.79. The van der Waals surface area contributed by atoms with Crippen LogP contribution in [-0.4, -0.2) is 50.4 Å². The third kappa shape index (κ3) is 4.40. The van der Waals surface area contributed by atoms with Gasteiger partial charge in [-0.15, -0.1) is 0 Å². The lowest BCUT2D eigenvalue weighted by Gasteiger charge is -2.30. The van der Waals surface area contributed by atoms with Gasteiger partial charge in [0, 0.05) is 0 Å². The third-order valence-corrected chi connectivity index (χ3v) is 1.79. The molecule has 0 saturated carbocycles. The summed E-state index contributed by atoms with van der Waals surface area (Å²) in [4.78, 5) is 0. The summed E-state index contributed by atoms with van der Waals surface area (Å²) < 4.78 is 115. The van der Waals surface area contributed by atoms with Gasteiger partial charge in [0.05, 0.1) is 14.2 Å². The minimum absolute atomic E-state index is 0.417. The zero-order chi connectivity index (χ0) is 18.0. The molecule has 0 rings (SSSR count). The molecule has 0 aromatic carbocycles. The van der Waals surface area contributed by atoms with Crippen molar-refractivity contribution < 1.29 is 54.1 Å². The summed E-state index contributed by atoms with van der Waals surface area (Å²) in [6, 6.07) is 0. The molecule has 0 saturated heterocycles. The van der Waals surface area contributed by atoms with E-state index in [1.165, 1.54) is 0 Å². The van der Waals surface area contributed by atoms with Crippen LogP contribution in [0.25, 0.3) is 0 Å². The molecule has 0 unspecified atom stereocenters. The molecule has 0 atom stereocenters. The average molecular weight is 348 g/mol. The Labute approximate surface area is 116 Å². The SMILES string of the molecule is COC(=N)C(F)(F)OC(F)(F)C(F)(F)OC(F)(F)C(=N)OC. The molecule has 14 heteroatoms. The second-order valence-electron chi connectivity index (χ2n) is 3.34. The van der Waals surface area contributed by atoms with E-state index in [2.05, 4.69) is 18.9 Å². The number of ether oxygens (including phenoxy) is 4. The van der Waals surface area contributed by atoms with E-state index >= 15 is 0 Å². The molecule has 0 spiro atoms. The van der Waals surface area contributed by atoms with Gasteiger partial charge in [0.2, 0.25) is 0 Å². The van der Waals surface area contributed by atoms with Crippen LogP contribution in [0.2, 0.25) is 0 Å². The van der Waals surface area contributed by atoms with Gasteiger partial charge in [-0.25, -0.2) is 9.47 Å². The molecular formula is C8H8F8N2O4. The van der Waals surface area contributed by atoms with Crippen molar-refractivity contribution in [1.82, 2.24) is 0 Å². The van der Waals surface area contributed by atoms with Gasteiger partial charge in [-0.1, -0.05) is 0 Å². The second kappa shape index (κ2) is 6.20. The van der Waals surface area contributed by atoms with E-state index in [1.54, 1.807) is 0 Å². The smallest absolute Gasteiger partial charge is 0.453 e. The molecule has 0 aromatic heterocycles. The van der Waals surface area contributed by atoms with Crippen LogP contribution in [0.1, 0.15) is 0 Å². The van der Waals surface area contributed by atoms with E-state index < -0.39 is 36.2 Å². The lowest BCUT2D eigenvalue weighted by Crippen LogP contribution is -2.54. The standard InChI is InChI=1S/C8H8F8N2O4/c1-19-3(17)5(9,10)21-7(13,14)8(15,16)22-6(11,12)4(18)20-2/h17-18H,1-2H3. The lowest BCUT2D eigenvalue weighted by molar-refractivity contribution is -0.497. The first-order chi connectivity index (χ1) is 9.63. The maximum absolute atomic E-state index is 12.9. The van der Waals surface area contributed by atoms with Crippen LogP contribution >= 0.6 is 0 Å². The maximum Gasteiger partial charge on any atom is 0.453 e. The van der Waals surface area contributed by atoms with Crippen molar-refractivity contribution in [2.75, 3.05) is 14.2 Å². The topological polar surface area (TPSA) is 84.6 Å². The number of halogens is 8. The van der Waals surface area contributed by atoms with Crippen molar-refractivity contribution in [3.05, 3.63) is 0 Å². The van der Waals surface area contributed by atoms with Crippen molar-refractivity contribution in [1.29, 1.82) is 10.8 Å². The van der Waals surface area contributed by atoms with Gasteiger partial charge in [-0.3, -0.25) is 10.8 Å². The number of hydrogen-bond donors (Lipinski definition) is 2. The highest BCUT2D eigenvalue weighted by Crippen LogP contribution is 2.43. The third-order valence-electron chi connectivity index (χ3n) is 1.79. The van der Waals surface area contributed by atoms with Gasteiger partial charge >= 0.3 is 24.4 Å². The van der Waals surface area contributed by atoms with E-state index in [-0.39, 0.29) is 0 Å². The summed E-state index contributed by atoms with van der Waals surface area (Å²) in [7, 11) is 0.834. The van der Waals surface area contributed by atoms with E-state index in [1.807, 2.05) is 0 Å². The van der Waals surface area contributed by atoms with Gasteiger partial charge in [0.1, 0.15) is 0 Å². The van der Waals surface area contributed by atoms with Gasteiger partial charge in [-0.2, -0.15) is 35.1 Å². The van der Waals surface area contributed by atoms with Crippen molar-refractivity contribution >= 4 is 11.8 Å². The van der Waals surface area contributed by atoms with Crippen LogP contribution < -0.4 is 0 Å². The predicted octanol–water partition coefficient (Wildman–Crippen LogP) is 2.64. The summed E-state index contributed by atoms with van der Waals surface area (Å²) in [6.07, 6.45) is -23.3. The molecule has 0 fully saturated rings. The Morgan fingerprint density at radius 1 is 0.636 bits per heavy atom. The number of alkyl halides is 8. The largest absolute Gasteiger partial charge is 0.478 e. The summed E-state index contributed by atoms with van der Waals surface area (Å²) >= 11 is 0. The minimum atomic E-state index is -6.31. The highest BCUT2D eigenvalue weighted by atomic mass is 19.3. The molecule has 0 amide bonds. The first-order valence-electron chi connectivity index (χ1n) is 4.80. The van der Waals surface area contributed by atoms with E-state index in [9.17, 15) is 35.1 Å². The second-order valence-corrected chi connectivity index (χ2v) is 3.34. The Balaban J connectivity index is 5.33. The van der Waals surface area contributed by atoms with E-state index in [4.69, 9.17) is 10.8 Å². The van der Waals surface area contributed by atoms with Crippen LogP contribution in [0.15, 0.2) is 0 Å². The van der Waals surface area contributed by atoms with Crippen molar-refractivity contribution in [2.45, 2.75) is 24.4 Å². The monoisotopic (exact) mass is 348 g/mol. The normalized spacial score (nSPS) is 13.7. The van der Waals surface area contributed by atoms with Gasteiger partial charge in [0.25, 0.3) is 11.8 Å². The molecule has 6 nitrogen and oxygen atoms in total. The summed E-state index contributed by atoms with van der Waals surface area (Å²) in [5, 5.41) is 12.8. The van der Waals surface area contributed by atoms with Crippen molar-refractivity contribution in [3.8, 4) is 0 Å². The van der Waals surface area contributed by atoms with Gasteiger partial charge in [0.15, 0.2) is 0 Å². The number of hydrogen-bond acceptors (Lipinski definition) is 6.